The van der Waals surface area contributed by atoms with Crippen molar-refractivity contribution in [2.24, 2.45) is 0 Å². The Bertz CT molecular complexity index is 526. The van der Waals surface area contributed by atoms with Gasteiger partial charge in [-0.3, -0.25) is 4.68 Å². The molecule has 0 aliphatic heterocycles. The minimum Gasteiger partial charge on any atom is -0.398 e. The third-order valence-corrected chi connectivity index (χ3v) is 3.84. The molecule has 4 heteroatoms. The minimum atomic E-state index is 0.719. The molecule has 0 unspecified atom stereocenters. The molecule has 18 heavy (non-hydrogen) atoms. The fourth-order valence-corrected chi connectivity index (χ4v) is 2.51. The summed E-state index contributed by atoms with van der Waals surface area (Å²) in [6.07, 6.45) is 1.95. The Morgan fingerprint density at radius 1 is 1.28 bits per heavy atom. The fourth-order valence-electron chi connectivity index (χ4n) is 2.00. The molecule has 0 saturated carbocycles. The van der Waals surface area contributed by atoms with E-state index in [2.05, 4.69) is 45.6 Å². The van der Waals surface area contributed by atoms with Crippen LogP contribution in [-0.4, -0.2) is 9.78 Å². The van der Waals surface area contributed by atoms with Crippen LogP contribution in [0.4, 0.5) is 5.69 Å². The smallest absolute Gasteiger partial charge is 0.0694 e. The molecule has 1 heterocycles. The maximum atomic E-state index is 6.03. The Hall–Kier alpha value is -1.29. The first-order valence-corrected chi connectivity index (χ1v) is 7.03. The van der Waals surface area contributed by atoms with Gasteiger partial charge in [0.05, 0.1) is 12.2 Å². The van der Waals surface area contributed by atoms with E-state index in [0.717, 1.165) is 40.8 Å². The predicted octanol–water partition coefficient (Wildman–Crippen LogP) is 3.40. The largest absolute Gasteiger partial charge is 0.398 e. The van der Waals surface area contributed by atoms with Crippen LogP contribution in [0.3, 0.4) is 0 Å². The molecule has 1 aromatic carbocycles. The van der Waals surface area contributed by atoms with Gasteiger partial charge < -0.3 is 5.73 Å². The molecule has 3 nitrogen and oxygen atoms in total. The number of hydrogen-bond donors (Lipinski definition) is 1. The van der Waals surface area contributed by atoms with Crippen LogP contribution in [0.5, 0.6) is 0 Å². The number of halogens is 1. The van der Waals surface area contributed by atoms with E-state index in [4.69, 9.17) is 5.73 Å². The molecule has 0 atom stereocenters. The van der Waals surface area contributed by atoms with Crippen molar-refractivity contribution in [3.8, 4) is 0 Å². The van der Waals surface area contributed by atoms with Crippen LogP contribution >= 0.6 is 15.9 Å². The summed E-state index contributed by atoms with van der Waals surface area (Å²) >= 11 is 3.55. The van der Waals surface area contributed by atoms with Crippen molar-refractivity contribution in [3.63, 3.8) is 0 Å². The SMILES string of the molecule is CCc1cc(CC)n(Cc2c(N)cccc2Br)n1. The van der Waals surface area contributed by atoms with Crippen LogP contribution in [0.25, 0.3) is 0 Å². The van der Waals surface area contributed by atoms with Gasteiger partial charge in [0.15, 0.2) is 0 Å². The van der Waals surface area contributed by atoms with Crippen molar-refractivity contribution in [1.82, 2.24) is 9.78 Å². The number of nitrogens with two attached hydrogens (primary N) is 1. The summed E-state index contributed by atoms with van der Waals surface area (Å²) in [7, 11) is 0. The highest BCUT2D eigenvalue weighted by atomic mass is 79.9. The number of benzene rings is 1. The minimum absolute atomic E-state index is 0.719. The van der Waals surface area contributed by atoms with E-state index in [9.17, 15) is 0 Å². The second-order valence-corrected chi connectivity index (χ2v) is 5.15. The second kappa shape index (κ2) is 5.57. The predicted molar refractivity (Wildman–Crippen MR) is 78.6 cm³/mol. The van der Waals surface area contributed by atoms with Gasteiger partial charge in [0, 0.05) is 21.4 Å². The number of nitrogens with zero attached hydrogens (tertiary/aromatic N) is 2. The third-order valence-electron chi connectivity index (χ3n) is 3.10. The van der Waals surface area contributed by atoms with Crippen molar-refractivity contribution in [2.45, 2.75) is 33.2 Å². The molecule has 0 saturated heterocycles. The van der Waals surface area contributed by atoms with E-state index in [-0.39, 0.29) is 0 Å². The molecule has 0 spiro atoms. The van der Waals surface area contributed by atoms with Gasteiger partial charge in [-0.2, -0.15) is 5.10 Å². The summed E-state index contributed by atoms with van der Waals surface area (Å²) < 4.78 is 3.09. The van der Waals surface area contributed by atoms with Crippen molar-refractivity contribution in [1.29, 1.82) is 0 Å². The molecule has 2 N–H and O–H groups in total. The second-order valence-electron chi connectivity index (χ2n) is 4.30. The summed E-state index contributed by atoms with van der Waals surface area (Å²) in [5.74, 6) is 0. The Morgan fingerprint density at radius 2 is 2.06 bits per heavy atom. The summed E-state index contributed by atoms with van der Waals surface area (Å²) in [5, 5.41) is 4.62. The Labute approximate surface area is 116 Å². The molecule has 96 valence electrons. The lowest BCUT2D eigenvalue weighted by molar-refractivity contribution is 0.640. The standard InChI is InChI=1S/C14H18BrN3/c1-3-10-8-11(4-2)18(17-10)9-12-13(15)6-5-7-14(12)16/h5-8H,3-4,9,16H2,1-2H3. The van der Waals surface area contributed by atoms with E-state index >= 15 is 0 Å². The number of aromatic nitrogens is 2. The number of hydrogen-bond acceptors (Lipinski definition) is 2. The van der Waals surface area contributed by atoms with Crippen LogP contribution < -0.4 is 5.73 Å². The maximum absolute atomic E-state index is 6.03. The van der Waals surface area contributed by atoms with Gasteiger partial charge in [0.1, 0.15) is 0 Å². The highest BCUT2D eigenvalue weighted by Gasteiger charge is 2.09. The lowest BCUT2D eigenvalue weighted by Crippen LogP contribution is -2.08. The molecule has 0 amide bonds. The zero-order chi connectivity index (χ0) is 13.1. The lowest BCUT2D eigenvalue weighted by Gasteiger charge is -2.10. The number of aryl methyl sites for hydroxylation is 2. The van der Waals surface area contributed by atoms with Crippen molar-refractivity contribution in [2.75, 3.05) is 5.73 Å². The van der Waals surface area contributed by atoms with E-state index in [1.807, 2.05) is 18.2 Å². The molecule has 0 bridgehead atoms. The molecule has 0 fully saturated rings. The van der Waals surface area contributed by atoms with E-state index in [1.165, 1.54) is 5.69 Å². The number of anilines is 1. The van der Waals surface area contributed by atoms with Crippen LogP contribution in [0.15, 0.2) is 28.7 Å². The first kappa shape index (κ1) is 13.1. The molecule has 2 aromatic rings. The van der Waals surface area contributed by atoms with Crippen LogP contribution in [-0.2, 0) is 19.4 Å². The first-order valence-electron chi connectivity index (χ1n) is 6.24. The molecule has 1 aromatic heterocycles. The molecule has 0 radical (unpaired) electrons. The van der Waals surface area contributed by atoms with Crippen LogP contribution in [0.1, 0.15) is 30.8 Å². The van der Waals surface area contributed by atoms with Crippen LogP contribution in [0.2, 0.25) is 0 Å². The summed E-state index contributed by atoms with van der Waals surface area (Å²) in [6, 6.07) is 8.06. The van der Waals surface area contributed by atoms with Gasteiger partial charge in [-0.1, -0.05) is 35.8 Å². The topological polar surface area (TPSA) is 43.8 Å². The Balaban J connectivity index is 2.36. The van der Waals surface area contributed by atoms with E-state index in [0.29, 0.717) is 0 Å². The fraction of sp³-hybridized carbons (Fsp3) is 0.357. The zero-order valence-corrected chi connectivity index (χ0v) is 12.4. The van der Waals surface area contributed by atoms with Crippen molar-refractivity contribution >= 4 is 21.6 Å². The van der Waals surface area contributed by atoms with Gasteiger partial charge >= 0.3 is 0 Å². The average molecular weight is 308 g/mol. The number of nitrogen functional groups attached to an aromatic ring is 1. The van der Waals surface area contributed by atoms with Crippen LogP contribution in [0, 0.1) is 0 Å². The van der Waals surface area contributed by atoms with Crippen molar-refractivity contribution < 1.29 is 0 Å². The number of rotatable bonds is 4. The molecule has 2 rings (SSSR count). The highest BCUT2D eigenvalue weighted by molar-refractivity contribution is 9.10. The Morgan fingerprint density at radius 3 is 2.67 bits per heavy atom. The van der Waals surface area contributed by atoms with E-state index in [1.54, 1.807) is 0 Å². The zero-order valence-electron chi connectivity index (χ0n) is 10.8. The molecule has 0 aliphatic rings. The van der Waals surface area contributed by atoms with Gasteiger partial charge in [0.2, 0.25) is 0 Å². The average Bonchev–Trinajstić information content (AvgIpc) is 2.76. The van der Waals surface area contributed by atoms with Gasteiger partial charge in [0.25, 0.3) is 0 Å². The monoisotopic (exact) mass is 307 g/mol. The van der Waals surface area contributed by atoms with Gasteiger partial charge in [-0.25, -0.2) is 0 Å². The third kappa shape index (κ3) is 2.58. The Kier molecular flexibility index (Phi) is 4.07. The van der Waals surface area contributed by atoms with E-state index < -0.39 is 0 Å². The highest BCUT2D eigenvalue weighted by Crippen LogP contribution is 2.24. The normalized spacial score (nSPS) is 10.8. The van der Waals surface area contributed by atoms with Gasteiger partial charge in [-0.05, 0) is 31.0 Å². The quantitative estimate of drug-likeness (QED) is 0.880. The van der Waals surface area contributed by atoms with Gasteiger partial charge in [-0.15, -0.1) is 0 Å². The summed E-state index contributed by atoms with van der Waals surface area (Å²) in [6.45, 7) is 4.99. The summed E-state index contributed by atoms with van der Waals surface area (Å²) in [5.41, 5.74) is 10.3. The lowest BCUT2D eigenvalue weighted by atomic mass is 10.2. The molecular weight excluding hydrogens is 290 g/mol. The van der Waals surface area contributed by atoms with Crippen molar-refractivity contribution in [3.05, 3.63) is 45.7 Å². The maximum Gasteiger partial charge on any atom is 0.0694 e. The summed E-state index contributed by atoms with van der Waals surface area (Å²) in [4.78, 5) is 0. The molecule has 0 aliphatic carbocycles. The first-order chi connectivity index (χ1) is 8.65. The molecular formula is C14H18BrN3.